The molecule has 1 aromatic rings. The predicted octanol–water partition coefficient (Wildman–Crippen LogP) is 6.26. The van der Waals surface area contributed by atoms with E-state index in [2.05, 4.69) is 25.7 Å². The molecule has 1 aliphatic heterocycles. The van der Waals surface area contributed by atoms with Crippen LogP contribution in [0.1, 0.15) is 72.3 Å². The number of likely N-dealkylation sites (tertiary alicyclic amines) is 1. The van der Waals surface area contributed by atoms with Crippen LogP contribution in [0.2, 0.25) is 0 Å². The van der Waals surface area contributed by atoms with E-state index in [0.29, 0.717) is 12.2 Å². The fourth-order valence-corrected chi connectivity index (χ4v) is 2.70. The Morgan fingerprint density at radius 3 is 2.05 bits per heavy atom. The summed E-state index contributed by atoms with van der Waals surface area (Å²) in [4.78, 5) is 22.5. The van der Waals surface area contributed by atoms with Crippen molar-refractivity contribution in [3.05, 3.63) is 71.3 Å². The van der Waals surface area contributed by atoms with Crippen LogP contribution in [0.4, 0.5) is 4.39 Å². The third kappa shape index (κ3) is 19.8. The summed E-state index contributed by atoms with van der Waals surface area (Å²) in [5, 5.41) is 16.9. The van der Waals surface area contributed by atoms with Crippen LogP contribution in [0, 0.1) is 11.2 Å². The van der Waals surface area contributed by atoms with Crippen LogP contribution in [0.25, 0.3) is 0 Å². The second-order valence-electron chi connectivity index (χ2n) is 7.98. The molecule has 1 heterocycles. The van der Waals surface area contributed by atoms with E-state index in [0.717, 1.165) is 62.2 Å². The zero-order chi connectivity index (χ0) is 29.1. The van der Waals surface area contributed by atoms with Gasteiger partial charge in [0.25, 0.3) is 0 Å². The molecule has 1 aromatic carbocycles. The Kier molecular flexibility index (Phi) is 28.6. The molecule has 7 heteroatoms. The first-order chi connectivity index (χ1) is 17.8. The van der Waals surface area contributed by atoms with Crippen molar-refractivity contribution in [2.45, 2.75) is 79.2 Å². The Hall–Kier alpha value is -3.06. The van der Waals surface area contributed by atoms with Crippen molar-refractivity contribution < 1.29 is 19.1 Å². The second-order valence-corrected chi connectivity index (χ2v) is 7.98. The molecule has 0 saturated carbocycles. The summed E-state index contributed by atoms with van der Waals surface area (Å²) >= 11 is 0. The molecule has 0 spiro atoms. The number of likely N-dealkylation sites (N-methyl/N-ethyl adjacent to an activating group) is 1. The maximum Gasteiger partial charge on any atom is 0.165 e. The molecule has 0 aromatic heterocycles. The highest BCUT2D eigenvalue weighted by molar-refractivity contribution is 5.77. The number of carbonyl (C=O) groups is 2. The van der Waals surface area contributed by atoms with E-state index in [4.69, 9.17) is 10.5 Å². The third-order valence-electron chi connectivity index (χ3n) is 5.35. The zero-order valence-corrected chi connectivity index (χ0v) is 24.0. The van der Waals surface area contributed by atoms with Gasteiger partial charge in [0.2, 0.25) is 0 Å². The number of unbranched alkanes of at least 4 members (excludes halogenated alkanes) is 1. The maximum atomic E-state index is 12.8. The molecule has 1 atom stereocenters. The van der Waals surface area contributed by atoms with Crippen molar-refractivity contribution in [2.24, 2.45) is 0 Å². The van der Waals surface area contributed by atoms with Gasteiger partial charge < -0.3 is 25.5 Å². The van der Waals surface area contributed by atoms with E-state index in [-0.39, 0.29) is 11.9 Å². The molecule has 0 bridgehead atoms. The summed E-state index contributed by atoms with van der Waals surface area (Å²) in [5.74, 6) is -0.0793. The number of hydrogen-bond acceptors (Lipinski definition) is 6. The van der Waals surface area contributed by atoms with Gasteiger partial charge in [-0.25, -0.2) is 4.39 Å². The summed E-state index contributed by atoms with van der Waals surface area (Å²) in [6, 6.07) is 7.02. The minimum atomic E-state index is -0.0793. The molecule has 210 valence electrons. The number of aliphatic hydroxyl groups is 1. The molecule has 6 nitrogen and oxygen atoms in total. The standard InChI is InChI=1S/C9H11F.C9H14N2O.C7H11NO.C4H10.CH4O/c1-2-5-8-6-3-4-7-9(8)10;1-3-8(5-10)6-11-9(4-2)7-12;1-6-3-4-7(5-9)8(6)2;1-3-4-2;1-2/h3-4,6-7H,2,5H2,1H3;3-5,7,10-11H,6H2,1-2H3;5,7H,1,3-4H2,2H3;3-4H2,1-2H3;2H,1H3/b;8-3+,9-4+,10-5?;;;. The molecule has 1 saturated heterocycles. The van der Waals surface area contributed by atoms with Crippen molar-refractivity contribution in [1.29, 1.82) is 5.41 Å². The van der Waals surface area contributed by atoms with Gasteiger partial charge in [-0.1, -0.05) is 77.0 Å². The highest BCUT2D eigenvalue weighted by atomic mass is 19.1. The molecular formula is C30H50FN3O3. The number of benzene rings is 1. The van der Waals surface area contributed by atoms with E-state index in [1.54, 1.807) is 19.1 Å². The number of aldehydes is 2. The molecule has 37 heavy (non-hydrogen) atoms. The van der Waals surface area contributed by atoms with Gasteiger partial charge in [-0.05, 0) is 50.3 Å². The highest BCUT2D eigenvalue weighted by Gasteiger charge is 2.21. The second kappa shape index (κ2) is 27.5. The van der Waals surface area contributed by atoms with E-state index >= 15 is 0 Å². The Labute approximate surface area is 224 Å². The molecule has 0 aliphatic carbocycles. The maximum absolute atomic E-state index is 12.8. The van der Waals surface area contributed by atoms with Gasteiger partial charge in [0.05, 0.1) is 11.7 Å². The largest absolute Gasteiger partial charge is 0.400 e. The van der Waals surface area contributed by atoms with Crippen molar-refractivity contribution >= 4 is 18.8 Å². The van der Waals surface area contributed by atoms with Crippen molar-refractivity contribution in [3.63, 3.8) is 0 Å². The van der Waals surface area contributed by atoms with Crippen molar-refractivity contribution in [3.8, 4) is 0 Å². The molecule has 0 radical (unpaired) electrons. The SMILES string of the molecule is C/C=C(\C=N)CN/C(C=O)=C/C.C=C1CCC(C=O)N1C.CCCC.CCCc1ccccc1F.CO. The highest BCUT2D eigenvalue weighted by Crippen LogP contribution is 2.21. The quantitative estimate of drug-likeness (QED) is 0.203. The number of hydrogen-bond donors (Lipinski definition) is 3. The lowest BCUT2D eigenvalue weighted by molar-refractivity contribution is -0.111. The van der Waals surface area contributed by atoms with Crippen LogP contribution in [-0.4, -0.2) is 55.5 Å². The molecule has 1 fully saturated rings. The summed E-state index contributed by atoms with van der Waals surface area (Å²) in [7, 11) is 2.91. The minimum absolute atomic E-state index is 0.0793. The third-order valence-corrected chi connectivity index (χ3v) is 5.35. The molecular weight excluding hydrogens is 469 g/mol. The first-order valence-corrected chi connectivity index (χ1v) is 12.8. The molecule has 1 aliphatic rings. The van der Waals surface area contributed by atoms with Crippen LogP contribution in [0.3, 0.4) is 0 Å². The van der Waals surface area contributed by atoms with Gasteiger partial charge in [0.15, 0.2) is 6.29 Å². The van der Waals surface area contributed by atoms with Crippen LogP contribution >= 0.6 is 0 Å². The lowest BCUT2D eigenvalue weighted by Crippen LogP contribution is -2.24. The number of aliphatic hydroxyl groups excluding tert-OH is 1. The van der Waals surface area contributed by atoms with Crippen molar-refractivity contribution in [2.75, 3.05) is 20.7 Å². The summed E-state index contributed by atoms with van der Waals surface area (Å²) < 4.78 is 12.8. The van der Waals surface area contributed by atoms with Crippen molar-refractivity contribution in [1.82, 2.24) is 10.2 Å². The van der Waals surface area contributed by atoms with E-state index in [1.165, 1.54) is 25.1 Å². The Balaban J connectivity index is -0.000000425. The average Bonchev–Trinajstić information content (AvgIpc) is 3.27. The van der Waals surface area contributed by atoms with Crippen LogP contribution in [0.15, 0.2) is 60.0 Å². The van der Waals surface area contributed by atoms with Crippen LogP contribution in [0.5, 0.6) is 0 Å². The van der Waals surface area contributed by atoms with E-state index < -0.39 is 0 Å². The number of carbonyl (C=O) groups excluding carboxylic acids is 2. The zero-order valence-electron chi connectivity index (χ0n) is 24.0. The summed E-state index contributed by atoms with van der Waals surface area (Å²) in [6.07, 6.45) is 12.9. The molecule has 0 amide bonds. The first kappa shape index (κ1) is 38.5. The van der Waals surface area contributed by atoms with E-state index in [1.807, 2.05) is 44.0 Å². The predicted molar refractivity (Wildman–Crippen MR) is 155 cm³/mol. The van der Waals surface area contributed by atoms with Gasteiger partial charge in [-0.3, -0.25) is 4.79 Å². The van der Waals surface area contributed by atoms with Crippen LogP contribution in [-0.2, 0) is 16.0 Å². The normalized spacial score (nSPS) is 14.2. The first-order valence-electron chi connectivity index (χ1n) is 12.8. The monoisotopic (exact) mass is 519 g/mol. The smallest absolute Gasteiger partial charge is 0.165 e. The Morgan fingerprint density at radius 1 is 1.14 bits per heavy atom. The number of halogens is 1. The summed E-state index contributed by atoms with van der Waals surface area (Å²) in [6.45, 7) is 14.4. The molecule has 2 rings (SSSR count). The lowest BCUT2D eigenvalue weighted by atomic mass is 10.1. The van der Waals surface area contributed by atoms with Gasteiger partial charge in [0, 0.05) is 32.6 Å². The number of aryl methyl sites for hydroxylation is 1. The Morgan fingerprint density at radius 2 is 1.73 bits per heavy atom. The number of nitrogens with one attached hydrogen (secondary N) is 2. The van der Waals surface area contributed by atoms with Crippen LogP contribution < -0.4 is 5.32 Å². The average molecular weight is 520 g/mol. The number of allylic oxidation sites excluding steroid dienone is 4. The van der Waals surface area contributed by atoms with Gasteiger partial charge in [0.1, 0.15) is 12.1 Å². The summed E-state index contributed by atoms with van der Waals surface area (Å²) in [5.41, 5.74) is 3.31. The lowest BCUT2D eigenvalue weighted by Gasteiger charge is -2.16. The molecule has 3 N–H and O–H groups in total. The van der Waals surface area contributed by atoms with Gasteiger partial charge >= 0.3 is 0 Å². The number of nitrogens with zero attached hydrogens (tertiary/aromatic N) is 1. The molecule has 1 unspecified atom stereocenters. The Bertz CT molecular complexity index is 781. The van der Waals surface area contributed by atoms with Gasteiger partial charge in [-0.15, -0.1) is 0 Å². The van der Waals surface area contributed by atoms with E-state index in [9.17, 15) is 14.0 Å². The number of rotatable bonds is 9. The fraction of sp³-hybridized carbons (Fsp3) is 0.500. The fourth-order valence-electron chi connectivity index (χ4n) is 2.70. The topological polar surface area (TPSA) is 93.5 Å². The van der Waals surface area contributed by atoms with Gasteiger partial charge in [-0.2, -0.15) is 0 Å². The minimum Gasteiger partial charge on any atom is -0.400 e.